The normalized spacial score (nSPS) is 10.8. The third-order valence-corrected chi connectivity index (χ3v) is 2.97. The third kappa shape index (κ3) is 3.71. The summed E-state index contributed by atoms with van der Waals surface area (Å²) >= 11 is 6.23. The fourth-order valence-corrected chi connectivity index (χ4v) is 1.94. The summed E-state index contributed by atoms with van der Waals surface area (Å²) in [5.74, 6) is -0.304. The van der Waals surface area contributed by atoms with E-state index in [1.807, 2.05) is 18.5 Å². The maximum Gasteiger partial charge on any atom is 0.218 e. The Morgan fingerprint density at radius 3 is 2.76 bits per heavy atom. The molecule has 17 heavy (non-hydrogen) atoms. The Labute approximate surface area is 106 Å². The number of aromatic nitrogens is 2. The fourth-order valence-electron chi connectivity index (χ4n) is 1.60. The van der Waals surface area contributed by atoms with E-state index in [1.54, 1.807) is 0 Å². The van der Waals surface area contributed by atoms with E-state index >= 15 is 0 Å². The highest BCUT2D eigenvalue weighted by atomic mass is 35.5. The molecule has 0 fully saturated rings. The molecule has 1 amide bonds. The van der Waals surface area contributed by atoms with Crippen LogP contribution in [0.4, 0.5) is 0 Å². The number of nitrogens with two attached hydrogens (primary N) is 1. The number of carbonyl (C=O) groups is 1. The first-order valence-corrected chi connectivity index (χ1v) is 6.21. The number of halogens is 1. The average molecular weight is 259 g/mol. The van der Waals surface area contributed by atoms with Gasteiger partial charge in [-0.1, -0.05) is 18.5 Å². The highest BCUT2D eigenvalue weighted by molar-refractivity contribution is 6.31. The van der Waals surface area contributed by atoms with Crippen LogP contribution in [0, 0.1) is 0 Å². The van der Waals surface area contributed by atoms with Crippen LogP contribution in [0.1, 0.15) is 31.7 Å². The van der Waals surface area contributed by atoms with Crippen molar-refractivity contribution in [2.24, 2.45) is 5.73 Å². The summed E-state index contributed by atoms with van der Waals surface area (Å²) in [5.41, 5.74) is 6.95. The number of primary amides is 1. The molecule has 1 aromatic rings. The van der Waals surface area contributed by atoms with Gasteiger partial charge in [-0.15, -0.1) is 0 Å². The van der Waals surface area contributed by atoms with Crippen molar-refractivity contribution in [3.05, 3.63) is 16.4 Å². The van der Waals surface area contributed by atoms with Gasteiger partial charge in [0.1, 0.15) is 0 Å². The predicted molar refractivity (Wildman–Crippen MR) is 67.8 cm³/mol. The average Bonchev–Trinajstić information content (AvgIpc) is 2.61. The Bertz CT molecular complexity index is 389. The number of hydrogen-bond donors (Lipinski definition) is 2. The van der Waals surface area contributed by atoms with Gasteiger partial charge in [-0.3, -0.25) is 9.48 Å². The summed E-state index contributed by atoms with van der Waals surface area (Å²) < 4.78 is 1.89. The van der Waals surface area contributed by atoms with Crippen LogP contribution in [-0.4, -0.2) is 22.2 Å². The summed E-state index contributed by atoms with van der Waals surface area (Å²) in [7, 11) is 0. The molecule has 0 radical (unpaired) electrons. The summed E-state index contributed by atoms with van der Waals surface area (Å²) in [6, 6.07) is 0. The zero-order chi connectivity index (χ0) is 12.8. The predicted octanol–water partition coefficient (Wildman–Crippen LogP) is 1.08. The van der Waals surface area contributed by atoms with Crippen LogP contribution >= 0.6 is 11.6 Å². The van der Waals surface area contributed by atoms with Crippen molar-refractivity contribution in [3.63, 3.8) is 0 Å². The van der Waals surface area contributed by atoms with Crippen molar-refractivity contribution in [1.29, 1.82) is 0 Å². The first-order chi connectivity index (χ1) is 8.10. The summed E-state index contributed by atoms with van der Waals surface area (Å²) in [6.07, 6.45) is 1.15. The Hall–Kier alpha value is -1.07. The molecular formula is C11H19ClN4O. The lowest BCUT2D eigenvalue weighted by molar-refractivity contribution is -0.117. The molecule has 0 saturated heterocycles. The van der Waals surface area contributed by atoms with Gasteiger partial charge >= 0.3 is 0 Å². The molecule has 0 bridgehead atoms. The molecular weight excluding hydrogens is 240 g/mol. The van der Waals surface area contributed by atoms with Gasteiger partial charge in [0.15, 0.2) is 0 Å². The van der Waals surface area contributed by atoms with E-state index in [0.29, 0.717) is 19.5 Å². The zero-order valence-corrected chi connectivity index (χ0v) is 11.0. The molecule has 1 rings (SSSR count). The lowest BCUT2D eigenvalue weighted by Gasteiger charge is -2.06. The molecule has 6 heteroatoms. The van der Waals surface area contributed by atoms with Crippen molar-refractivity contribution in [2.75, 3.05) is 6.54 Å². The van der Waals surface area contributed by atoms with Crippen molar-refractivity contribution in [3.8, 4) is 0 Å². The molecule has 0 aliphatic rings. The number of aryl methyl sites for hydroxylation is 2. The largest absolute Gasteiger partial charge is 0.370 e. The molecule has 0 aliphatic heterocycles. The Balaban J connectivity index is 2.62. The maximum atomic E-state index is 10.6. The Morgan fingerprint density at radius 2 is 2.24 bits per heavy atom. The Morgan fingerprint density at radius 1 is 1.53 bits per heavy atom. The van der Waals surface area contributed by atoms with Crippen LogP contribution in [0.3, 0.4) is 0 Å². The molecule has 0 saturated carbocycles. The molecule has 5 nitrogen and oxygen atoms in total. The molecule has 3 N–H and O–H groups in total. The van der Waals surface area contributed by atoms with Crippen LogP contribution in [0.15, 0.2) is 0 Å². The van der Waals surface area contributed by atoms with Gasteiger partial charge in [-0.25, -0.2) is 0 Å². The second-order valence-electron chi connectivity index (χ2n) is 3.77. The maximum absolute atomic E-state index is 10.6. The van der Waals surface area contributed by atoms with E-state index in [-0.39, 0.29) is 5.91 Å². The van der Waals surface area contributed by atoms with Gasteiger partial charge in [0.25, 0.3) is 0 Å². The molecule has 1 heterocycles. The molecule has 0 aliphatic carbocycles. The molecule has 96 valence electrons. The van der Waals surface area contributed by atoms with Gasteiger partial charge in [0.05, 0.1) is 16.4 Å². The van der Waals surface area contributed by atoms with Gasteiger partial charge in [0.2, 0.25) is 5.91 Å². The van der Waals surface area contributed by atoms with Gasteiger partial charge < -0.3 is 11.1 Å². The number of rotatable bonds is 7. The lowest BCUT2D eigenvalue weighted by atomic mass is 10.3. The summed E-state index contributed by atoms with van der Waals surface area (Å²) in [6.45, 7) is 6.00. The van der Waals surface area contributed by atoms with E-state index in [1.165, 1.54) is 0 Å². The van der Waals surface area contributed by atoms with Crippen LogP contribution < -0.4 is 11.1 Å². The quantitative estimate of drug-likeness (QED) is 0.719. The summed E-state index contributed by atoms with van der Waals surface area (Å²) in [5, 5.41) is 8.28. The minimum absolute atomic E-state index is 0.304. The highest BCUT2D eigenvalue weighted by Crippen LogP contribution is 2.21. The zero-order valence-electron chi connectivity index (χ0n) is 10.3. The molecule has 0 atom stereocenters. The lowest BCUT2D eigenvalue weighted by Crippen LogP contribution is -2.23. The van der Waals surface area contributed by atoms with Crippen molar-refractivity contribution in [1.82, 2.24) is 15.1 Å². The number of nitrogens with one attached hydrogen (secondary N) is 1. The first-order valence-electron chi connectivity index (χ1n) is 5.83. The van der Waals surface area contributed by atoms with Gasteiger partial charge in [-0.2, -0.15) is 5.10 Å². The van der Waals surface area contributed by atoms with Crippen LogP contribution in [-0.2, 0) is 24.3 Å². The van der Waals surface area contributed by atoms with E-state index in [2.05, 4.69) is 10.4 Å². The monoisotopic (exact) mass is 258 g/mol. The smallest absolute Gasteiger partial charge is 0.218 e. The van der Waals surface area contributed by atoms with Crippen molar-refractivity contribution in [2.45, 2.75) is 39.8 Å². The minimum Gasteiger partial charge on any atom is -0.370 e. The van der Waals surface area contributed by atoms with Crippen molar-refractivity contribution < 1.29 is 4.79 Å². The number of hydrogen-bond acceptors (Lipinski definition) is 3. The van der Waals surface area contributed by atoms with E-state index in [9.17, 15) is 4.79 Å². The first kappa shape index (κ1) is 14.0. The molecule has 1 aromatic heterocycles. The van der Waals surface area contributed by atoms with Crippen LogP contribution in [0.25, 0.3) is 0 Å². The third-order valence-electron chi connectivity index (χ3n) is 2.53. The molecule has 0 aromatic carbocycles. The van der Waals surface area contributed by atoms with E-state index in [4.69, 9.17) is 17.3 Å². The van der Waals surface area contributed by atoms with Crippen LogP contribution in [0.2, 0.25) is 5.02 Å². The molecule has 0 unspecified atom stereocenters. The highest BCUT2D eigenvalue weighted by Gasteiger charge is 2.13. The molecule has 0 spiro atoms. The SMILES string of the molecule is CCc1nn(CC)c(CNCCC(N)=O)c1Cl. The van der Waals surface area contributed by atoms with Crippen LogP contribution in [0.5, 0.6) is 0 Å². The second-order valence-corrected chi connectivity index (χ2v) is 4.15. The minimum atomic E-state index is -0.304. The topological polar surface area (TPSA) is 72.9 Å². The fraction of sp³-hybridized carbons (Fsp3) is 0.636. The van der Waals surface area contributed by atoms with Gasteiger partial charge in [-0.05, 0) is 13.3 Å². The van der Waals surface area contributed by atoms with E-state index < -0.39 is 0 Å². The number of nitrogens with zero attached hydrogens (tertiary/aromatic N) is 2. The number of amides is 1. The number of carbonyl (C=O) groups excluding carboxylic acids is 1. The van der Waals surface area contributed by atoms with E-state index in [0.717, 1.165) is 29.4 Å². The standard InChI is InChI=1S/C11H19ClN4O/c1-3-8-11(12)9(16(4-2)15-8)7-14-6-5-10(13)17/h14H,3-7H2,1-2H3,(H2,13,17). The van der Waals surface area contributed by atoms with Gasteiger partial charge in [0, 0.05) is 26.1 Å². The summed E-state index contributed by atoms with van der Waals surface area (Å²) in [4.78, 5) is 10.6. The second kappa shape index (κ2) is 6.61. The Kier molecular flexibility index (Phi) is 5.44. The van der Waals surface area contributed by atoms with Crippen molar-refractivity contribution >= 4 is 17.5 Å².